The molecule has 1 unspecified atom stereocenters. The minimum atomic E-state index is -0.514. The van der Waals surface area contributed by atoms with Gasteiger partial charge in [0, 0.05) is 31.8 Å². The van der Waals surface area contributed by atoms with Gasteiger partial charge in [0.1, 0.15) is 11.5 Å². The van der Waals surface area contributed by atoms with Crippen molar-refractivity contribution in [1.29, 1.82) is 0 Å². The number of nitrogens with zero attached hydrogens (tertiary/aromatic N) is 2. The van der Waals surface area contributed by atoms with E-state index >= 15 is 0 Å². The summed E-state index contributed by atoms with van der Waals surface area (Å²) >= 11 is 0. The van der Waals surface area contributed by atoms with Gasteiger partial charge in [0.15, 0.2) is 0 Å². The van der Waals surface area contributed by atoms with E-state index in [1.165, 1.54) is 18.2 Å². The number of amides is 1. The standard InChI is InChI=1S/C18H19N3O4.ClH/c1-20(14-9-10-19-12-14)18(22)16-11-13(21(23)24)7-8-17(16)25-15-5-3-2-4-6-15;/h2-8,11,14,19H,9-10,12H2,1H3;1H. The average molecular weight is 378 g/mol. The largest absolute Gasteiger partial charge is 0.457 e. The molecule has 1 saturated heterocycles. The van der Waals surface area contributed by atoms with Gasteiger partial charge in [0.25, 0.3) is 11.6 Å². The van der Waals surface area contributed by atoms with E-state index in [4.69, 9.17) is 4.74 Å². The van der Waals surface area contributed by atoms with Gasteiger partial charge in [-0.2, -0.15) is 0 Å². The number of nitrogens with one attached hydrogen (secondary N) is 1. The van der Waals surface area contributed by atoms with Crippen LogP contribution in [0, 0.1) is 10.1 Å². The molecule has 1 N–H and O–H groups in total. The van der Waals surface area contributed by atoms with Gasteiger partial charge in [-0.15, -0.1) is 12.4 Å². The van der Waals surface area contributed by atoms with E-state index < -0.39 is 4.92 Å². The molecule has 3 rings (SSSR count). The number of carbonyl (C=O) groups is 1. The SMILES string of the molecule is CN(C(=O)c1cc([N+](=O)[O-])ccc1Oc1ccccc1)C1CCNC1.Cl. The topological polar surface area (TPSA) is 84.7 Å². The highest BCUT2D eigenvalue weighted by Crippen LogP contribution is 2.30. The van der Waals surface area contributed by atoms with E-state index in [1.54, 1.807) is 24.1 Å². The van der Waals surface area contributed by atoms with Crippen molar-refractivity contribution >= 4 is 24.0 Å². The number of ether oxygens (including phenoxy) is 1. The van der Waals surface area contributed by atoms with Gasteiger partial charge >= 0.3 is 0 Å². The average Bonchev–Trinajstić information content (AvgIpc) is 3.16. The molecule has 1 fully saturated rings. The number of carbonyl (C=O) groups excluding carboxylic acids is 1. The molecule has 0 spiro atoms. The quantitative estimate of drug-likeness (QED) is 0.638. The van der Waals surface area contributed by atoms with Crippen LogP contribution < -0.4 is 10.1 Å². The lowest BCUT2D eigenvalue weighted by atomic mass is 10.1. The molecule has 0 bridgehead atoms. The van der Waals surface area contributed by atoms with Gasteiger partial charge in [-0.05, 0) is 31.2 Å². The van der Waals surface area contributed by atoms with E-state index in [0.717, 1.165) is 13.0 Å². The third-order valence-electron chi connectivity index (χ3n) is 4.28. The highest BCUT2D eigenvalue weighted by atomic mass is 35.5. The molecule has 1 aliphatic heterocycles. The number of non-ortho nitro benzene ring substituents is 1. The minimum absolute atomic E-state index is 0. The molecule has 1 heterocycles. The van der Waals surface area contributed by atoms with Crippen LogP contribution in [0.4, 0.5) is 5.69 Å². The minimum Gasteiger partial charge on any atom is -0.457 e. The number of benzene rings is 2. The Morgan fingerprint density at radius 2 is 2.00 bits per heavy atom. The molecule has 1 aliphatic rings. The second-order valence-corrected chi connectivity index (χ2v) is 5.92. The summed E-state index contributed by atoms with van der Waals surface area (Å²) in [5.41, 5.74) is 0.0501. The zero-order valence-electron chi connectivity index (χ0n) is 14.3. The Morgan fingerprint density at radius 3 is 2.62 bits per heavy atom. The summed E-state index contributed by atoms with van der Waals surface area (Å²) in [6, 6.07) is 13.2. The first-order valence-corrected chi connectivity index (χ1v) is 8.05. The fraction of sp³-hybridized carbons (Fsp3) is 0.278. The van der Waals surface area contributed by atoms with Crippen molar-refractivity contribution in [3.63, 3.8) is 0 Å². The van der Waals surface area contributed by atoms with E-state index in [1.807, 2.05) is 18.2 Å². The molecular formula is C18H20ClN3O4. The highest BCUT2D eigenvalue weighted by molar-refractivity contribution is 5.97. The molecule has 0 saturated carbocycles. The van der Waals surface area contributed by atoms with Crippen LogP contribution in [0.2, 0.25) is 0 Å². The van der Waals surface area contributed by atoms with Crippen molar-refractivity contribution in [2.45, 2.75) is 12.5 Å². The molecule has 1 atom stereocenters. The Bertz CT molecular complexity index is 779. The number of hydrogen-bond acceptors (Lipinski definition) is 5. The molecule has 8 heteroatoms. The van der Waals surface area contributed by atoms with Crippen LogP contribution in [0.1, 0.15) is 16.8 Å². The second kappa shape index (κ2) is 8.64. The molecular weight excluding hydrogens is 358 g/mol. The van der Waals surface area contributed by atoms with Crippen molar-refractivity contribution in [2.24, 2.45) is 0 Å². The van der Waals surface area contributed by atoms with E-state index in [0.29, 0.717) is 18.0 Å². The van der Waals surface area contributed by atoms with Crippen LogP contribution in [-0.4, -0.2) is 41.9 Å². The van der Waals surface area contributed by atoms with Gasteiger partial charge in [0.2, 0.25) is 0 Å². The summed E-state index contributed by atoms with van der Waals surface area (Å²) < 4.78 is 5.79. The van der Waals surface area contributed by atoms with Gasteiger partial charge in [-0.3, -0.25) is 14.9 Å². The number of hydrogen-bond donors (Lipinski definition) is 1. The number of rotatable bonds is 5. The van der Waals surface area contributed by atoms with Crippen LogP contribution in [0.3, 0.4) is 0 Å². The molecule has 1 amide bonds. The maximum absolute atomic E-state index is 12.9. The maximum atomic E-state index is 12.9. The van der Waals surface area contributed by atoms with Crippen LogP contribution in [0.5, 0.6) is 11.5 Å². The predicted octanol–water partition coefficient (Wildman–Crippen LogP) is 3.24. The van der Waals surface area contributed by atoms with Crippen molar-refractivity contribution in [3.05, 3.63) is 64.2 Å². The monoisotopic (exact) mass is 377 g/mol. The van der Waals surface area contributed by atoms with E-state index in [9.17, 15) is 14.9 Å². The predicted molar refractivity (Wildman–Crippen MR) is 100 cm³/mol. The summed E-state index contributed by atoms with van der Waals surface area (Å²) in [7, 11) is 1.71. The van der Waals surface area contributed by atoms with E-state index in [2.05, 4.69) is 5.32 Å². The van der Waals surface area contributed by atoms with Crippen molar-refractivity contribution in [1.82, 2.24) is 10.2 Å². The lowest BCUT2D eigenvalue weighted by Gasteiger charge is -2.24. The second-order valence-electron chi connectivity index (χ2n) is 5.92. The number of halogens is 1. The Balaban J connectivity index is 0.00000243. The summed E-state index contributed by atoms with van der Waals surface area (Å²) in [5.74, 6) is 0.582. The molecule has 7 nitrogen and oxygen atoms in total. The zero-order chi connectivity index (χ0) is 17.8. The third kappa shape index (κ3) is 4.30. The first-order chi connectivity index (χ1) is 12.1. The molecule has 2 aromatic rings. The summed E-state index contributed by atoms with van der Waals surface area (Å²) in [4.78, 5) is 25.1. The Kier molecular flexibility index (Phi) is 6.54. The number of para-hydroxylation sites is 1. The van der Waals surface area contributed by atoms with Crippen molar-refractivity contribution in [3.8, 4) is 11.5 Å². The molecule has 0 aliphatic carbocycles. The fourth-order valence-electron chi connectivity index (χ4n) is 2.83. The van der Waals surface area contributed by atoms with Crippen molar-refractivity contribution in [2.75, 3.05) is 20.1 Å². The lowest BCUT2D eigenvalue weighted by Crippen LogP contribution is -2.38. The first kappa shape index (κ1) is 19.7. The molecule has 138 valence electrons. The molecule has 0 radical (unpaired) electrons. The molecule has 0 aromatic heterocycles. The smallest absolute Gasteiger partial charge is 0.270 e. The van der Waals surface area contributed by atoms with Gasteiger partial charge in [0.05, 0.1) is 10.5 Å². The van der Waals surface area contributed by atoms with Crippen molar-refractivity contribution < 1.29 is 14.5 Å². The lowest BCUT2D eigenvalue weighted by molar-refractivity contribution is -0.384. The van der Waals surface area contributed by atoms with Crippen LogP contribution in [0.25, 0.3) is 0 Å². The van der Waals surface area contributed by atoms with Crippen LogP contribution in [0.15, 0.2) is 48.5 Å². The molecule has 2 aromatic carbocycles. The Morgan fingerprint density at radius 1 is 1.27 bits per heavy atom. The normalized spacial score (nSPS) is 15.8. The highest BCUT2D eigenvalue weighted by Gasteiger charge is 2.27. The Hall–Kier alpha value is -2.64. The number of likely N-dealkylation sites (N-methyl/N-ethyl adjacent to an activating group) is 1. The van der Waals surface area contributed by atoms with Gasteiger partial charge < -0.3 is 15.0 Å². The third-order valence-corrected chi connectivity index (χ3v) is 4.28. The summed E-state index contributed by atoms with van der Waals surface area (Å²) in [6.45, 7) is 1.57. The molecule has 26 heavy (non-hydrogen) atoms. The maximum Gasteiger partial charge on any atom is 0.270 e. The zero-order valence-corrected chi connectivity index (χ0v) is 15.1. The fourth-order valence-corrected chi connectivity index (χ4v) is 2.83. The van der Waals surface area contributed by atoms with Gasteiger partial charge in [-0.25, -0.2) is 0 Å². The Labute approximate surface area is 157 Å². The summed E-state index contributed by atoms with van der Waals surface area (Å²) in [5, 5.41) is 14.3. The summed E-state index contributed by atoms with van der Waals surface area (Å²) in [6.07, 6.45) is 0.853. The number of nitro benzene ring substituents is 1. The van der Waals surface area contributed by atoms with E-state index in [-0.39, 0.29) is 35.6 Å². The first-order valence-electron chi connectivity index (χ1n) is 8.05. The van der Waals surface area contributed by atoms with Gasteiger partial charge in [-0.1, -0.05) is 18.2 Å². The van der Waals surface area contributed by atoms with Crippen LogP contribution in [-0.2, 0) is 0 Å². The van der Waals surface area contributed by atoms with Crippen LogP contribution >= 0.6 is 12.4 Å². The number of nitro groups is 1.